The number of aliphatic hydroxyl groups is 1. The number of halogens is 1. The highest BCUT2D eigenvalue weighted by atomic mass is 35.5. The maximum Gasteiger partial charge on any atom is 0.176 e. The summed E-state index contributed by atoms with van der Waals surface area (Å²) in [5, 5.41) is 9.81. The van der Waals surface area contributed by atoms with Crippen molar-refractivity contribution in [2.75, 3.05) is 20.1 Å². The Morgan fingerprint density at radius 2 is 2.22 bits per heavy atom. The van der Waals surface area contributed by atoms with Crippen LogP contribution in [-0.4, -0.2) is 42.0 Å². The minimum Gasteiger partial charge on any atom is -0.393 e. The summed E-state index contributed by atoms with van der Waals surface area (Å²) in [6.07, 6.45) is 1.58. The monoisotopic (exact) mass is 267 g/mol. The summed E-state index contributed by atoms with van der Waals surface area (Å²) in [5.74, 6) is 0.608. The van der Waals surface area contributed by atoms with Crippen molar-refractivity contribution in [2.24, 2.45) is 5.92 Å². The Morgan fingerprint density at radius 1 is 1.50 bits per heavy atom. The lowest BCUT2D eigenvalue weighted by Crippen LogP contribution is -2.38. The Morgan fingerprint density at radius 3 is 2.83 bits per heavy atom. The van der Waals surface area contributed by atoms with Crippen molar-refractivity contribution in [3.63, 3.8) is 0 Å². The SMILES string of the molecule is CN(CC(=O)c1cccc(Cl)c1)CC1CC(O)C1. The maximum absolute atomic E-state index is 12.0. The number of rotatable bonds is 5. The zero-order chi connectivity index (χ0) is 13.1. The smallest absolute Gasteiger partial charge is 0.176 e. The molecule has 1 N–H and O–H groups in total. The predicted octanol–water partition coefficient (Wildman–Crippen LogP) is 2.23. The molecule has 18 heavy (non-hydrogen) atoms. The van der Waals surface area contributed by atoms with Crippen LogP contribution in [0.2, 0.25) is 5.02 Å². The molecule has 0 heterocycles. The van der Waals surface area contributed by atoms with Crippen molar-refractivity contribution in [1.82, 2.24) is 4.90 Å². The highest BCUT2D eigenvalue weighted by molar-refractivity contribution is 6.31. The average Bonchev–Trinajstić information content (AvgIpc) is 2.26. The van der Waals surface area contributed by atoms with Gasteiger partial charge in [-0.05, 0) is 37.9 Å². The van der Waals surface area contributed by atoms with Gasteiger partial charge in [0.15, 0.2) is 5.78 Å². The van der Waals surface area contributed by atoms with Crippen LogP contribution < -0.4 is 0 Å². The van der Waals surface area contributed by atoms with Crippen LogP contribution >= 0.6 is 11.6 Å². The Balaban J connectivity index is 1.83. The number of carbonyl (C=O) groups excluding carboxylic acids is 1. The summed E-state index contributed by atoms with van der Waals surface area (Å²) in [5.41, 5.74) is 0.656. The molecule has 0 amide bonds. The maximum atomic E-state index is 12.0. The van der Waals surface area contributed by atoms with E-state index in [0.717, 1.165) is 19.4 Å². The molecule has 1 fully saturated rings. The van der Waals surface area contributed by atoms with Crippen LogP contribution in [-0.2, 0) is 0 Å². The minimum absolute atomic E-state index is 0.0832. The van der Waals surface area contributed by atoms with Crippen LogP contribution in [0.3, 0.4) is 0 Å². The van der Waals surface area contributed by atoms with Crippen molar-refractivity contribution in [2.45, 2.75) is 18.9 Å². The first kappa shape index (κ1) is 13.5. The third-order valence-corrected chi connectivity index (χ3v) is 3.58. The van der Waals surface area contributed by atoms with Gasteiger partial charge in [0.2, 0.25) is 0 Å². The van der Waals surface area contributed by atoms with Gasteiger partial charge in [0.05, 0.1) is 12.6 Å². The molecular weight excluding hydrogens is 250 g/mol. The van der Waals surface area contributed by atoms with Crippen LogP contribution in [0, 0.1) is 5.92 Å². The topological polar surface area (TPSA) is 40.5 Å². The van der Waals surface area contributed by atoms with E-state index in [9.17, 15) is 9.90 Å². The first-order chi connectivity index (χ1) is 8.54. The number of carbonyl (C=O) groups is 1. The molecule has 1 saturated carbocycles. The standard InChI is InChI=1S/C14H18ClNO2/c1-16(8-10-5-13(17)6-10)9-14(18)11-3-2-4-12(15)7-11/h2-4,7,10,13,17H,5-6,8-9H2,1H3. The molecule has 0 unspecified atom stereocenters. The molecule has 0 aromatic heterocycles. The van der Waals surface area contributed by atoms with Gasteiger partial charge < -0.3 is 5.11 Å². The Labute approximate surface area is 112 Å². The van der Waals surface area contributed by atoms with Gasteiger partial charge in [0.1, 0.15) is 0 Å². The highest BCUT2D eigenvalue weighted by Crippen LogP contribution is 2.27. The summed E-state index contributed by atoms with van der Waals surface area (Å²) >= 11 is 5.86. The molecule has 0 saturated heterocycles. The second-order valence-electron chi connectivity index (χ2n) is 5.12. The summed E-state index contributed by atoms with van der Waals surface area (Å²) in [6.45, 7) is 1.26. The minimum atomic E-state index is -0.132. The molecule has 0 spiro atoms. The van der Waals surface area contributed by atoms with Crippen molar-refractivity contribution >= 4 is 17.4 Å². The summed E-state index contributed by atoms with van der Waals surface area (Å²) in [7, 11) is 1.94. The highest BCUT2D eigenvalue weighted by Gasteiger charge is 2.28. The normalized spacial score (nSPS) is 22.9. The van der Waals surface area contributed by atoms with Crippen molar-refractivity contribution < 1.29 is 9.90 Å². The molecule has 0 bridgehead atoms. The second kappa shape index (κ2) is 5.83. The first-order valence-electron chi connectivity index (χ1n) is 6.20. The van der Waals surface area contributed by atoms with Gasteiger partial charge in [0.25, 0.3) is 0 Å². The van der Waals surface area contributed by atoms with E-state index in [1.807, 2.05) is 11.9 Å². The molecule has 98 valence electrons. The fourth-order valence-electron chi connectivity index (χ4n) is 2.35. The van der Waals surface area contributed by atoms with E-state index >= 15 is 0 Å². The number of likely N-dealkylation sites (N-methyl/N-ethyl adjacent to an activating group) is 1. The van der Waals surface area contributed by atoms with E-state index in [-0.39, 0.29) is 11.9 Å². The fourth-order valence-corrected chi connectivity index (χ4v) is 2.54. The quantitative estimate of drug-likeness (QED) is 0.832. The van der Waals surface area contributed by atoms with Crippen LogP contribution in [0.25, 0.3) is 0 Å². The molecule has 0 aliphatic heterocycles. The van der Waals surface area contributed by atoms with Crippen LogP contribution in [0.15, 0.2) is 24.3 Å². The molecular formula is C14H18ClNO2. The lowest BCUT2D eigenvalue weighted by Gasteiger charge is -2.34. The second-order valence-corrected chi connectivity index (χ2v) is 5.56. The van der Waals surface area contributed by atoms with Crippen LogP contribution in [0.4, 0.5) is 0 Å². The lowest BCUT2D eigenvalue weighted by molar-refractivity contribution is 0.0286. The zero-order valence-corrected chi connectivity index (χ0v) is 11.2. The van der Waals surface area contributed by atoms with Gasteiger partial charge >= 0.3 is 0 Å². The summed E-state index contributed by atoms with van der Waals surface area (Å²) in [6, 6.07) is 7.04. The molecule has 1 aliphatic rings. The number of benzene rings is 1. The number of Topliss-reactive ketones (excluding diaryl/α,β-unsaturated/α-hetero) is 1. The van der Waals surface area contributed by atoms with Crippen molar-refractivity contribution in [3.05, 3.63) is 34.9 Å². The number of aliphatic hydroxyl groups excluding tert-OH is 1. The number of hydrogen-bond acceptors (Lipinski definition) is 3. The number of hydrogen-bond donors (Lipinski definition) is 1. The van der Waals surface area contributed by atoms with E-state index in [2.05, 4.69) is 0 Å². The van der Waals surface area contributed by atoms with Gasteiger partial charge in [-0.15, -0.1) is 0 Å². The summed E-state index contributed by atoms with van der Waals surface area (Å²) < 4.78 is 0. The lowest BCUT2D eigenvalue weighted by atomic mass is 9.82. The molecule has 1 aliphatic carbocycles. The van der Waals surface area contributed by atoms with Gasteiger partial charge in [-0.25, -0.2) is 0 Å². The van der Waals surface area contributed by atoms with Gasteiger partial charge in [-0.3, -0.25) is 9.69 Å². The van der Waals surface area contributed by atoms with E-state index in [0.29, 0.717) is 23.0 Å². The van der Waals surface area contributed by atoms with E-state index < -0.39 is 0 Å². The largest absolute Gasteiger partial charge is 0.393 e. The van der Waals surface area contributed by atoms with Gasteiger partial charge in [-0.2, -0.15) is 0 Å². The molecule has 1 aromatic carbocycles. The Kier molecular flexibility index (Phi) is 4.38. The molecule has 0 radical (unpaired) electrons. The predicted molar refractivity (Wildman–Crippen MR) is 72.0 cm³/mol. The first-order valence-corrected chi connectivity index (χ1v) is 6.58. The van der Waals surface area contributed by atoms with Crippen molar-refractivity contribution in [3.8, 4) is 0 Å². The van der Waals surface area contributed by atoms with E-state index in [1.165, 1.54) is 0 Å². The summed E-state index contributed by atoms with van der Waals surface area (Å²) in [4.78, 5) is 14.0. The third kappa shape index (κ3) is 3.55. The van der Waals surface area contributed by atoms with E-state index in [1.54, 1.807) is 24.3 Å². The molecule has 2 rings (SSSR count). The van der Waals surface area contributed by atoms with Crippen molar-refractivity contribution in [1.29, 1.82) is 0 Å². The third-order valence-electron chi connectivity index (χ3n) is 3.34. The fraction of sp³-hybridized carbons (Fsp3) is 0.500. The molecule has 4 heteroatoms. The van der Waals surface area contributed by atoms with Crippen LogP contribution in [0.1, 0.15) is 23.2 Å². The average molecular weight is 268 g/mol. The van der Waals surface area contributed by atoms with Gasteiger partial charge in [0, 0.05) is 17.1 Å². The number of ketones is 1. The van der Waals surface area contributed by atoms with Crippen LogP contribution in [0.5, 0.6) is 0 Å². The van der Waals surface area contributed by atoms with E-state index in [4.69, 9.17) is 11.6 Å². The number of nitrogens with zero attached hydrogens (tertiary/aromatic N) is 1. The zero-order valence-electron chi connectivity index (χ0n) is 10.5. The molecule has 0 atom stereocenters. The van der Waals surface area contributed by atoms with Gasteiger partial charge in [-0.1, -0.05) is 23.7 Å². The Bertz CT molecular complexity index is 430. The molecule has 1 aromatic rings. The molecule has 3 nitrogen and oxygen atoms in total. The Hall–Kier alpha value is -0.900.